The van der Waals surface area contributed by atoms with Gasteiger partial charge in [0.25, 0.3) is 5.91 Å². The van der Waals surface area contributed by atoms with E-state index in [1.807, 2.05) is 38.1 Å². The van der Waals surface area contributed by atoms with Crippen molar-refractivity contribution in [2.45, 2.75) is 26.3 Å². The molecule has 0 aliphatic rings. The molecule has 0 fully saturated rings. The van der Waals surface area contributed by atoms with Crippen LogP contribution in [0.1, 0.15) is 30.8 Å². The summed E-state index contributed by atoms with van der Waals surface area (Å²) in [6, 6.07) is 11.0. The zero-order valence-corrected chi connectivity index (χ0v) is 13.0. The van der Waals surface area contributed by atoms with E-state index in [-0.39, 0.29) is 11.9 Å². The number of carbonyl (C=O) groups excluding carboxylic acids is 1. The van der Waals surface area contributed by atoms with Crippen molar-refractivity contribution in [3.63, 3.8) is 0 Å². The van der Waals surface area contributed by atoms with Gasteiger partial charge in [0.05, 0.1) is 12.8 Å². The van der Waals surface area contributed by atoms with Gasteiger partial charge in [-0.15, -0.1) is 10.2 Å². The number of rotatable bonds is 6. The number of ether oxygens (including phenoxy) is 1. The minimum atomic E-state index is -0.217. The summed E-state index contributed by atoms with van der Waals surface area (Å²) < 4.78 is 5.26. The summed E-state index contributed by atoms with van der Waals surface area (Å²) >= 11 is 0. The quantitative estimate of drug-likeness (QED) is 0.858. The van der Waals surface area contributed by atoms with Crippen LogP contribution in [0.3, 0.4) is 0 Å². The molecular formula is C16H20N4O2. The molecular weight excluding hydrogens is 280 g/mol. The van der Waals surface area contributed by atoms with Crippen LogP contribution in [0.4, 0.5) is 11.5 Å². The van der Waals surface area contributed by atoms with Crippen LogP contribution < -0.4 is 15.4 Å². The molecule has 2 aromatic rings. The summed E-state index contributed by atoms with van der Waals surface area (Å²) in [5.74, 6) is 1.04. The lowest BCUT2D eigenvalue weighted by Crippen LogP contribution is -2.32. The highest BCUT2D eigenvalue weighted by Crippen LogP contribution is 2.25. The number of methoxy groups -OCH3 is 1. The second-order valence-electron chi connectivity index (χ2n) is 4.91. The number of anilines is 2. The zero-order valence-electron chi connectivity index (χ0n) is 13.0. The predicted molar refractivity (Wildman–Crippen MR) is 85.5 cm³/mol. The molecule has 1 atom stereocenters. The minimum Gasteiger partial charge on any atom is -0.495 e. The average Bonchev–Trinajstić information content (AvgIpc) is 2.55. The highest BCUT2D eigenvalue weighted by atomic mass is 16.5. The monoisotopic (exact) mass is 300 g/mol. The second kappa shape index (κ2) is 7.40. The molecule has 0 saturated heterocycles. The molecule has 116 valence electrons. The third-order valence-corrected chi connectivity index (χ3v) is 3.26. The fourth-order valence-electron chi connectivity index (χ4n) is 1.81. The van der Waals surface area contributed by atoms with Crippen molar-refractivity contribution in [3.05, 3.63) is 42.1 Å². The fourth-order valence-corrected chi connectivity index (χ4v) is 1.81. The Kier molecular flexibility index (Phi) is 5.30. The molecule has 6 heteroatoms. The molecule has 2 rings (SSSR count). The Balaban J connectivity index is 2.07. The highest BCUT2D eigenvalue weighted by Gasteiger charge is 2.11. The Morgan fingerprint density at radius 3 is 2.64 bits per heavy atom. The molecule has 1 aromatic carbocycles. The van der Waals surface area contributed by atoms with E-state index in [2.05, 4.69) is 20.8 Å². The molecule has 1 unspecified atom stereocenters. The van der Waals surface area contributed by atoms with Crippen molar-refractivity contribution in [1.82, 2.24) is 15.5 Å². The lowest BCUT2D eigenvalue weighted by atomic mass is 10.2. The lowest BCUT2D eigenvalue weighted by molar-refractivity contribution is 0.0933. The number of hydrogen-bond acceptors (Lipinski definition) is 5. The van der Waals surface area contributed by atoms with Crippen LogP contribution in [0.25, 0.3) is 0 Å². The maximum Gasteiger partial charge on any atom is 0.272 e. The summed E-state index contributed by atoms with van der Waals surface area (Å²) in [6.45, 7) is 3.96. The van der Waals surface area contributed by atoms with E-state index >= 15 is 0 Å². The van der Waals surface area contributed by atoms with Gasteiger partial charge in [-0.2, -0.15) is 0 Å². The van der Waals surface area contributed by atoms with Crippen LogP contribution in [0.5, 0.6) is 5.75 Å². The molecule has 0 aliphatic heterocycles. The third kappa shape index (κ3) is 3.94. The number of benzene rings is 1. The van der Waals surface area contributed by atoms with Gasteiger partial charge in [0, 0.05) is 6.04 Å². The number of aromatic nitrogens is 2. The van der Waals surface area contributed by atoms with Crippen LogP contribution in [0.2, 0.25) is 0 Å². The number of nitrogens with one attached hydrogen (secondary N) is 2. The maximum atomic E-state index is 11.9. The summed E-state index contributed by atoms with van der Waals surface area (Å²) in [7, 11) is 1.61. The van der Waals surface area contributed by atoms with E-state index in [9.17, 15) is 4.79 Å². The smallest absolute Gasteiger partial charge is 0.272 e. The first-order chi connectivity index (χ1) is 10.6. The average molecular weight is 300 g/mol. The van der Waals surface area contributed by atoms with E-state index in [4.69, 9.17) is 4.74 Å². The van der Waals surface area contributed by atoms with Gasteiger partial charge in [0.2, 0.25) is 0 Å². The van der Waals surface area contributed by atoms with Crippen LogP contribution in [0.15, 0.2) is 36.4 Å². The first-order valence-electron chi connectivity index (χ1n) is 7.18. The molecule has 1 aromatic heterocycles. The number of hydrogen-bond donors (Lipinski definition) is 2. The first-order valence-corrected chi connectivity index (χ1v) is 7.18. The molecule has 6 nitrogen and oxygen atoms in total. The van der Waals surface area contributed by atoms with Gasteiger partial charge >= 0.3 is 0 Å². The Morgan fingerprint density at radius 2 is 2.00 bits per heavy atom. The van der Waals surface area contributed by atoms with Crippen LogP contribution in [-0.2, 0) is 0 Å². The van der Waals surface area contributed by atoms with Crippen molar-refractivity contribution in [2.75, 3.05) is 12.4 Å². The topological polar surface area (TPSA) is 76.1 Å². The van der Waals surface area contributed by atoms with Gasteiger partial charge in [-0.3, -0.25) is 4.79 Å². The van der Waals surface area contributed by atoms with Gasteiger partial charge in [-0.25, -0.2) is 0 Å². The van der Waals surface area contributed by atoms with Crippen molar-refractivity contribution in [3.8, 4) is 5.75 Å². The lowest BCUT2D eigenvalue weighted by Gasteiger charge is -2.11. The van der Waals surface area contributed by atoms with Crippen molar-refractivity contribution in [1.29, 1.82) is 0 Å². The van der Waals surface area contributed by atoms with Crippen molar-refractivity contribution in [2.24, 2.45) is 0 Å². The Hall–Kier alpha value is -2.63. The van der Waals surface area contributed by atoms with E-state index in [0.29, 0.717) is 17.3 Å². The largest absolute Gasteiger partial charge is 0.495 e. The Labute approximate surface area is 129 Å². The van der Waals surface area contributed by atoms with E-state index in [1.54, 1.807) is 19.2 Å². The van der Waals surface area contributed by atoms with Crippen molar-refractivity contribution >= 4 is 17.4 Å². The van der Waals surface area contributed by atoms with Gasteiger partial charge in [0.15, 0.2) is 11.5 Å². The van der Waals surface area contributed by atoms with Crippen molar-refractivity contribution < 1.29 is 9.53 Å². The van der Waals surface area contributed by atoms with Crippen LogP contribution in [-0.4, -0.2) is 29.3 Å². The maximum absolute atomic E-state index is 11.9. The highest BCUT2D eigenvalue weighted by molar-refractivity contribution is 5.92. The number of para-hydroxylation sites is 2. The normalized spacial score (nSPS) is 11.6. The predicted octanol–water partition coefficient (Wildman–Crippen LogP) is 2.76. The number of amides is 1. The fraction of sp³-hybridized carbons (Fsp3) is 0.312. The molecule has 0 radical (unpaired) electrons. The zero-order chi connectivity index (χ0) is 15.9. The van der Waals surface area contributed by atoms with Crippen LogP contribution >= 0.6 is 0 Å². The van der Waals surface area contributed by atoms with Gasteiger partial charge in [-0.1, -0.05) is 19.1 Å². The van der Waals surface area contributed by atoms with Gasteiger partial charge in [0.1, 0.15) is 5.75 Å². The number of nitrogens with zero attached hydrogens (tertiary/aromatic N) is 2. The molecule has 0 spiro atoms. The molecule has 1 heterocycles. The summed E-state index contributed by atoms with van der Waals surface area (Å²) in [4.78, 5) is 11.9. The molecule has 0 saturated carbocycles. The Bertz CT molecular complexity index is 628. The van der Waals surface area contributed by atoms with E-state index < -0.39 is 0 Å². The Morgan fingerprint density at radius 1 is 1.23 bits per heavy atom. The molecule has 0 aliphatic carbocycles. The summed E-state index contributed by atoms with van der Waals surface area (Å²) in [5, 5.41) is 13.9. The minimum absolute atomic E-state index is 0.112. The van der Waals surface area contributed by atoms with Gasteiger partial charge < -0.3 is 15.4 Å². The van der Waals surface area contributed by atoms with Crippen LogP contribution in [0, 0.1) is 0 Å². The number of carbonyl (C=O) groups is 1. The van der Waals surface area contributed by atoms with E-state index in [1.165, 1.54) is 0 Å². The third-order valence-electron chi connectivity index (χ3n) is 3.26. The molecule has 0 bridgehead atoms. The van der Waals surface area contributed by atoms with Gasteiger partial charge in [-0.05, 0) is 37.6 Å². The second-order valence-corrected chi connectivity index (χ2v) is 4.91. The van der Waals surface area contributed by atoms with E-state index in [0.717, 1.165) is 12.1 Å². The summed E-state index contributed by atoms with van der Waals surface area (Å²) in [5.41, 5.74) is 1.09. The molecule has 1 amide bonds. The first kappa shape index (κ1) is 15.8. The SMILES string of the molecule is CCC(C)NC(=O)c1ccc(Nc2ccccc2OC)nn1. The molecule has 2 N–H and O–H groups in total. The standard InChI is InChI=1S/C16H20N4O2/c1-4-11(2)17-16(21)13-9-10-15(20-19-13)18-12-7-5-6-8-14(12)22-3/h5-11H,4H2,1-3H3,(H,17,21)(H,18,20). The molecule has 22 heavy (non-hydrogen) atoms. The summed E-state index contributed by atoms with van der Waals surface area (Å²) in [6.07, 6.45) is 0.868.